The van der Waals surface area contributed by atoms with Gasteiger partial charge in [0.25, 0.3) is 5.91 Å². The van der Waals surface area contributed by atoms with E-state index in [1.54, 1.807) is 4.68 Å². The molecule has 1 amide bonds. The normalized spacial score (nSPS) is 11.3. The Hall–Kier alpha value is -2.82. The van der Waals surface area contributed by atoms with E-state index in [9.17, 15) is 4.79 Å². The van der Waals surface area contributed by atoms with Crippen molar-refractivity contribution in [2.24, 2.45) is 7.05 Å². The Morgan fingerprint density at radius 2 is 1.65 bits per heavy atom. The lowest BCUT2D eigenvalue weighted by Gasteiger charge is -2.30. The van der Waals surface area contributed by atoms with Crippen LogP contribution in [0, 0.1) is 0 Å². The van der Waals surface area contributed by atoms with Crippen molar-refractivity contribution in [3.05, 3.63) is 60.4 Å². The van der Waals surface area contributed by atoms with Crippen molar-refractivity contribution < 1.29 is 4.79 Å². The van der Waals surface area contributed by atoms with Crippen LogP contribution in [0.5, 0.6) is 0 Å². The minimum absolute atomic E-state index is 0.00758. The minimum atomic E-state index is -0.00758. The number of benzene rings is 1. The predicted molar refractivity (Wildman–Crippen MR) is 104 cm³/mol. The third-order valence-corrected chi connectivity index (χ3v) is 4.48. The van der Waals surface area contributed by atoms with Gasteiger partial charge in [-0.25, -0.2) is 4.68 Å². The molecule has 1 aromatic carbocycles. The molecule has 0 fully saturated rings. The molecule has 0 N–H and O–H groups in total. The predicted octanol–water partition coefficient (Wildman–Crippen LogP) is 4.14. The van der Waals surface area contributed by atoms with Gasteiger partial charge in [-0.15, -0.1) is 0 Å². The van der Waals surface area contributed by atoms with E-state index in [1.807, 2.05) is 98.9 Å². The molecule has 0 atom stereocenters. The maximum Gasteiger partial charge on any atom is 0.273 e. The smallest absolute Gasteiger partial charge is 0.273 e. The SMILES string of the molecule is CC(C)N(C(=O)c1cc(-c2cccn2C)nn1-c1ccccc1)C(C)C. The van der Waals surface area contributed by atoms with Crippen LogP contribution in [-0.2, 0) is 7.05 Å². The van der Waals surface area contributed by atoms with Crippen LogP contribution in [0.1, 0.15) is 38.2 Å². The minimum Gasteiger partial charge on any atom is -0.349 e. The first-order chi connectivity index (χ1) is 12.4. The Morgan fingerprint density at radius 3 is 2.19 bits per heavy atom. The summed E-state index contributed by atoms with van der Waals surface area (Å²) in [7, 11) is 1.98. The molecule has 0 aliphatic heterocycles. The molecule has 0 bridgehead atoms. The summed E-state index contributed by atoms with van der Waals surface area (Å²) >= 11 is 0. The van der Waals surface area contributed by atoms with Gasteiger partial charge >= 0.3 is 0 Å². The van der Waals surface area contributed by atoms with E-state index in [0.29, 0.717) is 5.69 Å². The molecule has 0 aliphatic rings. The zero-order valence-corrected chi connectivity index (χ0v) is 16.0. The molecule has 3 aromatic rings. The molecule has 5 heteroatoms. The maximum absolute atomic E-state index is 13.3. The second-order valence-corrected chi connectivity index (χ2v) is 7.07. The number of carbonyl (C=O) groups excluding carboxylic acids is 1. The number of para-hydroxylation sites is 1. The molecule has 0 aliphatic carbocycles. The highest BCUT2D eigenvalue weighted by molar-refractivity contribution is 5.94. The molecule has 26 heavy (non-hydrogen) atoms. The summed E-state index contributed by atoms with van der Waals surface area (Å²) in [6.45, 7) is 8.16. The average molecular weight is 350 g/mol. The zero-order valence-electron chi connectivity index (χ0n) is 16.0. The van der Waals surface area contributed by atoms with Gasteiger partial charge in [-0.2, -0.15) is 5.10 Å². The van der Waals surface area contributed by atoms with Crippen molar-refractivity contribution in [3.8, 4) is 17.1 Å². The van der Waals surface area contributed by atoms with E-state index in [-0.39, 0.29) is 18.0 Å². The van der Waals surface area contributed by atoms with Gasteiger partial charge in [0.15, 0.2) is 0 Å². The molecule has 0 saturated heterocycles. The van der Waals surface area contributed by atoms with Crippen LogP contribution in [-0.4, -0.2) is 37.2 Å². The first-order valence-electron chi connectivity index (χ1n) is 9.00. The number of rotatable bonds is 5. The maximum atomic E-state index is 13.3. The summed E-state index contributed by atoms with van der Waals surface area (Å²) in [5.41, 5.74) is 3.23. The summed E-state index contributed by atoms with van der Waals surface area (Å²) in [6.07, 6.45) is 1.98. The van der Waals surface area contributed by atoms with E-state index >= 15 is 0 Å². The highest BCUT2D eigenvalue weighted by atomic mass is 16.2. The van der Waals surface area contributed by atoms with Gasteiger partial charge in [-0.1, -0.05) is 18.2 Å². The average Bonchev–Trinajstić information content (AvgIpc) is 3.21. The molecular formula is C21H26N4O. The number of nitrogens with zero attached hydrogens (tertiary/aromatic N) is 4. The number of aromatic nitrogens is 3. The zero-order chi connectivity index (χ0) is 18.8. The van der Waals surface area contributed by atoms with E-state index in [4.69, 9.17) is 5.10 Å². The summed E-state index contributed by atoms with van der Waals surface area (Å²) in [6, 6.07) is 15.9. The van der Waals surface area contributed by atoms with Crippen LogP contribution >= 0.6 is 0 Å². The van der Waals surface area contributed by atoms with Crippen molar-refractivity contribution in [2.45, 2.75) is 39.8 Å². The third kappa shape index (κ3) is 3.29. The number of hydrogen-bond donors (Lipinski definition) is 0. The first kappa shape index (κ1) is 18.0. The van der Waals surface area contributed by atoms with Crippen LogP contribution in [0.4, 0.5) is 0 Å². The Kier molecular flexibility index (Phi) is 4.98. The molecule has 136 valence electrons. The van der Waals surface area contributed by atoms with Crippen molar-refractivity contribution in [2.75, 3.05) is 0 Å². The summed E-state index contributed by atoms with van der Waals surface area (Å²) < 4.78 is 3.76. The molecule has 0 saturated carbocycles. The fourth-order valence-corrected chi connectivity index (χ4v) is 3.35. The fraction of sp³-hybridized carbons (Fsp3) is 0.333. The Balaban J connectivity index is 2.15. The van der Waals surface area contributed by atoms with Crippen molar-refractivity contribution in [1.82, 2.24) is 19.2 Å². The quantitative estimate of drug-likeness (QED) is 0.694. The Morgan fingerprint density at radius 1 is 1.00 bits per heavy atom. The number of aryl methyl sites for hydroxylation is 1. The highest BCUT2D eigenvalue weighted by Crippen LogP contribution is 2.24. The van der Waals surface area contributed by atoms with Gasteiger partial charge in [-0.05, 0) is 58.0 Å². The van der Waals surface area contributed by atoms with Gasteiger partial charge in [-0.3, -0.25) is 4.79 Å². The number of carbonyl (C=O) groups is 1. The van der Waals surface area contributed by atoms with Gasteiger partial charge < -0.3 is 9.47 Å². The van der Waals surface area contributed by atoms with E-state index in [0.717, 1.165) is 17.1 Å². The van der Waals surface area contributed by atoms with Crippen molar-refractivity contribution in [3.63, 3.8) is 0 Å². The molecule has 5 nitrogen and oxygen atoms in total. The third-order valence-electron chi connectivity index (χ3n) is 4.48. The number of amides is 1. The molecule has 0 unspecified atom stereocenters. The summed E-state index contributed by atoms with van der Waals surface area (Å²) in [5, 5.41) is 4.75. The van der Waals surface area contributed by atoms with Crippen LogP contribution in [0.25, 0.3) is 17.1 Å². The van der Waals surface area contributed by atoms with Gasteiger partial charge in [0.1, 0.15) is 11.4 Å². The van der Waals surface area contributed by atoms with Crippen LogP contribution in [0.15, 0.2) is 54.7 Å². The lowest BCUT2D eigenvalue weighted by molar-refractivity contribution is 0.0634. The molecule has 0 radical (unpaired) electrons. The van der Waals surface area contributed by atoms with Crippen LogP contribution in [0.3, 0.4) is 0 Å². The van der Waals surface area contributed by atoms with Gasteiger partial charge in [0.05, 0.1) is 11.4 Å². The second-order valence-electron chi connectivity index (χ2n) is 7.07. The van der Waals surface area contributed by atoms with E-state index in [2.05, 4.69) is 0 Å². The number of hydrogen-bond acceptors (Lipinski definition) is 2. The standard InChI is InChI=1S/C21H26N4O/c1-15(2)24(16(3)4)21(26)20-14-18(19-12-9-13-23(19)5)22-25(20)17-10-7-6-8-11-17/h6-16H,1-5H3. The molecular weight excluding hydrogens is 324 g/mol. The summed E-state index contributed by atoms with van der Waals surface area (Å²) in [4.78, 5) is 15.2. The van der Waals surface area contributed by atoms with E-state index < -0.39 is 0 Å². The highest BCUT2D eigenvalue weighted by Gasteiger charge is 2.26. The second kappa shape index (κ2) is 7.20. The molecule has 2 aromatic heterocycles. The topological polar surface area (TPSA) is 43.1 Å². The lowest BCUT2D eigenvalue weighted by Crippen LogP contribution is -2.42. The first-order valence-corrected chi connectivity index (χ1v) is 9.00. The molecule has 0 spiro atoms. The monoisotopic (exact) mass is 350 g/mol. The van der Waals surface area contributed by atoms with Crippen LogP contribution in [0.2, 0.25) is 0 Å². The van der Waals surface area contributed by atoms with E-state index in [1.165, 1.54) is 0 Å². The Labute approximate surface area is 154 Å². The fourth-order valence-electron chi connectivity index (χ4n) is 3.35. The van der Waals surface area contributed by atoms with Crippen LogP contribution < -0.4 is 0 Å². The summed E-state index contributed by atoms with van der Waals surface area (Å²) in [5.74, 6) is -0.00758. The lowest BCUT2D eigenvalue weighted by atomic mass is 10.2. The molecule has 3 rings (SSSR count). The van der Waals surface area contributed by atoms with Crippen molar-refractivity contribution >= 4 is 5.91 Å². The molecule has 2 heterocycles. The Bertz CT molecular complexity index is 882. The largest absolute Gasteiger partial charge is 0.349 e. The van der Waals surface area contributed by atoms with Crippen molar-refractivity contribution in [1.29, 1.82) is 0 Å². The van der Waals surface area contributed by atoms with Gasteiger partial charge in [0.2, 0.25) is 0 Å². The van der Waals surface area contributed by atoms with Gasteiger partial charge in [0, 0.05) is 25.3 Å².